The number of hydrogen-bond acceptors (Lipinski definition) is 16. The third-order valence-corrected chi connectivity index (χ3v) is 21.8. The number of amides is 1. The summed E-state index contributed by atoms with van der Waals surface area (Å²) in [4.78, 5) is 63.9. The number of benzene rings is 6. The molecule has 0 radical (unpaired) electrons. The molecule has 0 unspecified atom stereocenters. The van der Waals surface area contributed by atoms with E-state index in [0.717, 1.165) is 166 Å². The summed E-state index contributed by atoms with van der Waals surface area (Å²) >= 11 is 0. The molecule has 6 N–H and O–H groups in total. The molecule has 546 valence electrons. The van der Waals surface area contributed by atoms with Crippen molar-refractivity contribution >= 4 is 89.8 Å². The number of nitrogens with zero attached hydrogens (tertiary/aromatic N) is 11. The first-order valence-corrected chi connectivity index (χ1v) is 38.0. The van der Waals surface area contributed by atoms with E-state index < -0.39 is 10.0 Å². The lowest BCUT2D eigenvalue weighted by Crippen LogP contribution is -2.50. The highest BCUT2D eigenvalue weighted by molar-refractivity contribution is 7.89. The number of H-pyrrole nitrogens is 1. The summed E-state index contributed by atoms with van der Waals surface area (Å²) < 4.78 is 34.5. The van der Waals surface area contributed by atoms with Crippen LogP contribution in [0.25, 0.3) is 50.7 Å². The van der Waals surface area contributed by atoms with Crippen molar-refractivity contribution < 1.29 is 18.0 Å². The van der Waals surface area contributed by atoms with E-state index in [4.69, 9.17) is 0 Å². The lowest BCUT2D eigenvalue weighted by molar-refractivity contribution is 0.0964. The van der Waals surface area contributed by atoms with Crippen molar-refractivity contribution in [3.8, 4) is 33.8 Å². The first kappa shape index (κ1) is 72.1. The number of ketones is 1. The highest BCUT2D eigenvalue weighted by atomic mass is 32.2. The van der Waals surface area contributed by atoms with Gasteiger partial charge >= 0.3 is 0 Å². The van der Waals surface area contributed by atoms with Crippen LogP contribution in [0.4, 0.5) is 51.2 Å². The quantitative estimate of drug-likeness (QED) is 0.0368. The molecule has 3 aliphatic heterocycles. The van der Waals surface area contributed by atoms with Crippen molar-refractivity contribution in [3.05, 3.63) is 264 Å². The fourth-order valence-corrected chi connectivity index (χ4v) is 15.3. The van der Waals surface area contributed by atoms with Gasteiger partial charge in [0, 0.05) is 186 Å². The number of sulfonamides is 1. The summed E-state index contributed by atoms with van der Waals surface area (Å²) in [6, 6.07) is 61.5. The zero-order valence-electron chi connectivity index (χ0n) is 61.1. The summed E-state index contributed by atoms with van der Waals surface area (Å²) in [5.41, 5.74) is 20.4. The van der Waals surface area contributed by atoms with E-state index in [0.29, 0.717) is 18.2 Å². The van der Waals surface area contributed by atoms with Gasteiger partial charge in [0.05, 0.1) is 39.0 Å². The van der Waals surface area contributed by atoms with Crippen LogP contribution in [-0.2, 0) is 23.1 Å². The Morgan fingerprint density at radius 2 is 1.01 bits per heavy atom. The highest BCUT2D eigenvalue weighted by Gasteiger charge is 2.24. The van der Waals surface area contributed by atoms with Crippen LogP contribution in [0.3, 0.4) is 0 Å². The van der Waals surface area contributed by atoms with Gasteiger partial charge in [0.15, 0.2) is 22.7 Å². The molecule has 7 aromatic heterocycles. The number of Topliss-reactive ketones (excluding diaryl/α,β-unsaturated/α-hetero) is 1. The molecule has 6 aromatic carbocycles. The van der Waals surface area contributed by atoms with E-state index in [-0.39, 0.29) is 28.7 Å². The van der Waals surface area contributed by atoms with Gasteiger partial charge in [-0.25, -0.2) is 28.1 Å². The molecule has 13 aromatic rings. The van der Waals surface area contributed by atoms with Gasteiger partial charge in [-0.3, -0.25) is 32.5 Å². The monoisotopic (exact) mass is 1450 g/mol. The third kappa shape index (κ3) is 16.3. The SMILES string of the molecule is CCC(CC)N1CCN(c2ccc(Nc3ccc(-c4cc[nH]c(=O)c4)n4ccnc34)cc2)CC1.CCN1CCN(c2ccc(Nc3ccc(-c4ccc(C(C)=O)cc4)n4ccnc34)cc2)CC1.CN(C)c1ccc(CNS(=O)(=O)c2ccc(Nc3ccc(-c4ccc5c(c4)CNC5=O)n4ccnc34)cc2)cc1. The maximum Gasteiger partial charge on any atom is 0.251 e. The fourth-order valence-electron chi connectivity index (χ4n) is 14.3. The van der Waals surface area contributed by atoms with Gasteiger partial charge in [-0.2, -0.15) is 0 Å². The maximum absolute atomic E-state index is 12.9. The molecule has 107 heavy (non-hydrogen) atoms. The van der Waals surface area contributed by atoms with Gasteiger partial charge in [-0.1, -0.05) is 63.2 Å². The Bertz CT molecular complexity index is 5450. The molecule has 2 fully saturated rings. The lowest BCUT2D eigenvalue weighted by atomic mass is 10.0. The average Bonchev–Trinajstić information content (AvgIpc) is 1.70. The van der Waals surface area contributed by atoms with Gasteiger partial charge in [0.1, 0.15) is 0 Å². The first-order valence-electron chi connectivity index (χ1n) is 36.5. The molecule has 0 bridgehead atoms. The minimum absolute atomic E-state index is 0.0432. The highest BCUT2D eigenvalue weighted by Crippen LogP contribution is 2.34. The molecule has 0 atom stereocenters. The van der Waals surface area contributed by atoms with Crippen LogP contribution >= 0.6 is 0 Å². The van der Waals surface area contributed by atoms with E-state index in [1.165, 1.54) is 24.2 Å². The summed E-state index contributed by atoms with van der Waals surface area (Å²) in [5, 5.41) is 13.2. The van der Waals surface area contributed by atoms with Crippen LogP contribution in [0, 0.1) is 0 Å². The van der Waals surface area contributed by atoms with Crippen LogP contribution in [0.15, 0.2) is 241 Å². The van der Waals surface area contributed by atoms with E-state index in [1.54, 1.807) is 55.8 Å². The number of imidazole rings is 3. The summed E-state index contributed by atoms with van der Waals surface area (Å²) in [7, 11) is 0.245. The second-order valence-corrected chi connectivity index (χ2v) is 28.9. The number of anilines is 9. The normalized spacial score (nSPS) is 14.0. The van der Waals surface area contributed by atoms with E-state index in [2.05, 4.69) is 151 Å². The number of aromatic nitrogens is 7. The van der Waals surface area contributed by atoms with E-state index in [9.17, 15) is 22.8 Å². The number of hydrogen-bond donors (Lipinski definition) is 6. The molecule has 16 rings (SSSR count). The van der Waals surface area contributed by atoms with Crippen LogP contribution in [-0.4, -0.2) is 142 Å². The number of fused-ring (bicyclic) bond motifs is 4. The van der Waals surface area contributed by atoms with E-state index in [1.807, 2.05) is 150 Å². The van der Waals surface area contributed by atoms with E-state index >= 15 is 0 Å². The Balaban J connectivity index is 0.000000135. The molecular weight excluding hydrogens is 1360 g/mol. The predicted octanol–water partition coefficient (Wildman–Crippen LogP) is 14.4. The Labute approximate surface area is 623 Å². The zero-order chi connectivity index (χ0) is 74.1. The fraction of sp³-hybridized carbons (Fsp3) is 0.238. The van der Waals surface area contributed by atoms with Crippen molar-refractivity contribution in [2.75, 3.05) is 104 Å². The number of likely N-dealkylation sites (N-methyl/N-ethyl adjacent to an activating group) is 1. The molecular formula is C84H89N17O5S. The number of pyridine rings is 4. The van der Waals surface area contributed by atoms with Crippen LogP contribution in [0.1, 0.15) is 72.4 Å². The second-order valence-electron chi connectivity index (χ2n) is 27.2. The molecule has 1 amide bonds. The Morgan fingerprint density at radius 1 is 0.533 bits per heavy atom. The molecule has 2 saturated heterocycles. The standard InChI is InChI=1S/C30H28N6O3S.C27H32N6O.C27H29N5O/c1-35(2)24-8-3-20(4-9-24)18-33-40(38,39)25-10-6-23(7-11-25)34-27-13-14-28(36-16-15-31-29(27)36)21-5-12-26-22(17-21)19-32-30(26)37;1-3-22(4-2)31-15-17-32(18-16-31)23-7-5-21(6-8-23)30-24-9-10-25(33-14-13-29-27(24)33)20-11-12-28-26(34)19-20;1-3-30-16-18-31(19-17-30)24-10-8-23(9-11-24)29-25-12-13-26(32-15-14-28-27(25)32)22-6-4-21(5-7-22)20(2)33/h3-17,33-34H,18-19H2,1-2H3,(H,32,37);5-14,19,22,30H,3-4,15-18H2,1-2H3,(H,28,34);4-15,29H,3,16-19H2,1-2H3. The zero-order valence-corrected chi connectivity index (χ0v) is 61.9. The number of carbonyl (C=O) groups is 2. The minimum Gasteiger partial charge on any atom is -0.378 e. The smallest absolute Gasteiger partial charge is 0.251 e. The molecule has 0 spiro atoms. The topological polar surface area (TPSA) is 229 Å². The van der Waals surface area contributed by atoms with Crippen molar-refractivity contribution in [2.24, 2.45) is 0 Å². The minimum atomic E-state index is -3.67. The molecule has 22 nitrogen and oxygen atoms in total. The largest absolute Gasteiger partial charge is 0.378 e. The third-order valence-electron chi connectivity index (χ3n) is 20.4. The van der Waals surface area contributed by atoms with Crippen LogP contribution < -0.4 is 46.2 Å². The number of aromatic amines is 1. The number of piperazine rings is 2. The van der Waals surface area contributed by atoms with Crippen LogP contribution in [0.2, 0.25) is 0 Å². The lowest BCUT2D eigenvalue weighted by Gasteiger charge is -2.39. The predicted molar refractivity (Wildman–Crippen MR) is 430 cm³/mol. The number of rotatable bonds is 21. The molecule has 23 heteroatoms. The van der Waals surface area contributed by atoms with Gasteiger partial charge in [-0.15, -0.1) is 0 Å². The molecule has 3 aliphatic rings. The van der Waals surface area contributed by atoms with Gasteiger partial charge in [0.2, 0.25) is 15.6 Å². The molecule has 0 saturated carbocycles. The summed E-state index contributed by atoms with van der Waals surface area (Å²) in [6.07, 6.45) is 15.2. The molecule has 0 aliphatic carbocycles. The van der Waals surface area contributed by atoms with Gasteiger partial charge in [0.25, 0.3) is 5.91 Å². The van der Waals surface area contributed by atoms with Crippen molar-refractivity contribution in [2.45, 2.75) is 64.6 Å². The average molecular weight is 1450 g/mol. The molecule has 10 heterocycles. The summed E-state index contributed by atoms with van der Waals surface area (Å²) in [6.45, 7) is 19.0. The van der Waals surface area contributed by atoms with Crippen LogP contribution in [0.5, 0.6) is 0 Å². The number of nitrogens with one attached hydrogen (secondary N) is 6. The Hall–Kier alpha value is -11.9. The Morgan fingerprint density at radius 3 is 1.49 bits per heavy atom. The van der Waals surface area contributed by atoms with Crippen molar-refractivity contribution in [1.29, 1.82) is 0 Å². The van der Waals surface area contributed by atoms with Gasteiger partial charge < -0.3 is 45.9 Å². The van der Waals surface area contributed by atoms with Crippen molar-refractivity contribution in [3.63, 3.8) is 0 Å². The first-order chi connectivity index (χ1) is 52.1. The maximum atomic E-state index is 12.9. The van der Waals surface area contributed by atoms with Gasteiger partial charge in [-0.05, 0) is 188 Å². The summed E-state index contributed by atoms with van der Waals surface area (Å²) in [5.74, 6) is 0.0292. The second kappa shape index (κ2) is 32.2. The van der Waals surface area contributed by atoms with Crippen molar-refractivity contribution in [1.82, 2.24) is 53.0 Å². The Kier molecular flexibility index (Phi) is 21.7. The number of carbonyl (C=O) groups excluding carboxylic acids is 2.